The molecule has 24 heavy (non-hydrogen) atoms. The van der Waals surface area contributed by atoms with E-state index in [1.807, 2.05) is 26.0 Å². The van der Waals surface area contributed by atoms with Crippen LogP contribution in [-0.4, -0.2) is 15.7 Å². The summed E-state index contributed by atoms with van der Waals surface area (Å²) in [5.74, 6) is 0.196. The van der Waals surface area contributed by atoms with E-state index in [-0.39, 0.29) is 18.0 Å². The minimum Gasteiger partial charge on any atom is -0.368 e. The third kappa shape index (κ3) is 3.25. The van der Waals surface area contributed by atoms with Crippen LogP contribution in [0.1, 0.15) is 56.2 Å². The molecule has 1 saturated carbocycles. The third-order valence-corrected chi connectivity index (χ3v) is 4.65. The fourth-order valence-corrected chi connectivity index (χ4v) is 3.13. The molecule has 5 nitrogen and oxygen atoms in total. The second kappa shape index (κ2) is 6.59. The molecular formula is C19H23N3O2. The van der Waals surface area contributed by atoms with Crippen LogP contribution < -0.4 is 11.3 Å². The van der Waals surface area contributed by atoms with Crippen molar-refractivity contribution in [3.63, 3.8) is 0 Å². The molecule has 0 aliphatic heterocycles. The van der Waals surface area contributed by atoms with E-state index in [1.54, 1.807) is 6.07 Å². The molecule has 0 spiro atoms. The van der Waals surface area contributed by atoms with Gasteiger partial charge in [0, 0.05) is 11.6 Å². The number of carbonyl (C=O) groups excluding carboxylic acids is 1. The van der Waals surface area contributed by atoms with Gasteiger partial charge in [0.15, 0.2) is 0 Å². The molecule has 2 aromatic rings. The number of hydrogen-bond acceptors (Lipinski definition) is 3. The van der Waals surface area contributed by atoms with Crippen molar-refractivity contribution in [1.82, 2.24) is 9.78 Å². The highest BCUT2D eigenvalue weighted by atomic mass is 16.2. The van der Waals surface area contributed by atoms with Crippen molar-refractivity contribution in [3.05, 3.63) is 51.9 Å². The first-order valence-electron chi connectivity index (χ1n) is 8.46. The average molecular weight is 325 g/mol. The molecule has 0 radical (unpaired) electrons. The van der Waals surface area contributed by atoms with Crippen molar-refractivity contribution in [3.8, 4) is 11.1 Å². The number of nitrogens with zero attached hydrogens (tertiary/aromatic N) is 2. The van der Waals surface area contributed by atoms with Crippen molar-refractivity contribution in [1.29, 1.82) is 0 Å². The van der Waals surface area contributed by atoms with Crippen LogP contribution >= 0.6 is 0 Å². The maximum absolute atomic E-state index is 12.3. The molecule has 2 N–H and O–H groups in total. The number of benzene rings is 1. The van der Waals surface area contributed by atoms with E-state index in [0.717, 1.165) is 21.5 Å². The van der Waals surface area contributed by atoms with E-state index in [1.165, 1.54) is 24.8 Å². The zero-order valence-corrected chi connectivity index (χ0v) is 14.2. The molecule has 5 heteroatoms. The van der Waals surface area contributed by atoms with Crippen molar-refractivity contribution in [2.45, 2.75) is 51.5 Å². The lowest BCUT2D eigenvalue weighted by molar-refractivity contribution is -0.118. The van der Waals surface area contributed by atoms with Crippen LogP contribution in [-0.2, 0) is 11.3 Å². The van der Waals surface area contributed by atoms with Crippen LogP contribution in [0.3, 0.4) is 0 Å². The Morgan fingerprint density at radius 1 is 1.33 bits per heavy atom. The summed E-state index contributed by atoms with van der Waals surface area (Å²) in [5.41, 5.74) is 8.89. The van der Waals surface area contributed by atoms with Gasteiger partial charge in [0.05, 0.1) is 5.69 Å². The predicted octanol–water partition coefficient (Wildman–Crippen LogP) is 2.79. The van der Waals surface area contributed by atoms with E-state index in [0.29, 0.717) is 5.92 Å². The normalized spacial score (nSPS) is 14.6. The standard InChI is InChI=1S/C19H23N3O2/c1-12(2)19-16(10-18(24)22(21-19)11-17(20)23)15-8-4-7-14(9-15)13-5-3-6-13/h4,7-10,12-13H,3,5-6,11H2,1-2H3,(H2,20,23). The van der Waals surface area contributed by atoms with E-state index >= 15 is 0 Å². The van der Waals surface area contributed by atoms with Gasteiger partial charge < -0.3 is 5.73 Å². The van der Waals surface area contributed by atoms with Gasteiger partial charge in [-0.1, -0.05) is 44.5 Å². The van der Waals surface area contributed by atoms with E-state index in [2.05, 4.69) is 17.2 Å². The Labute approximate surface area is 141 Å². The van der Waals surface area contributed by atoms with Gasteiger partial charge in [-0.15, -0.1) is 0 Å². The maximum atomic E-state index is 12.3. The molecule has 1 aliphatic carbocycles. The van der Waals surface area contributed by atoms with Gasteiger partial charge in [-0.05, 0) is 35.8 Å². The highest BCUT2D eigenvalue weighted by molar-refractivity contribution is 5.73. The fourth-order valence-electron chi connectivity index (χ4n) is 3.13. The zero-order valence-electron chi connectivity index (χ0n) is 14.2. The molecule has 0 atom stereocenters. The van der Waals surface area contributed by atoms with Crippen LogP contribution in [0.25, 0.3) is 11.1 Å². The highest BCUT2D eigenvalue weighted by Gasteiger charge is 2.21. The summed E-state index contributed by atoms with van der Waals surface area (Å²) in [6, 6.07) is 9.96. The molecule has 1 aromatic carbocycles. The SMILES string of the molecule is CC(C)c1nn(CC(N)=O)c(=O)cc1-c1cccc(C2CCC2)c1. The second-order valence-electron chi connectivity index (χ2n) is 6.81. The summed E-state index contributed by atoms with van der Waals surface area (Å²) < 4.78 is 1.15. The zero-order chi connectivity index (χ0) is 17.3. The maximum Gasteiger partial charge on any atom is 0.267 e. The first kappa shape index (κ1) is 16.4. The highest BCUT2D eigenvalue weighted by Crippen LogP contribution is 2.38. The van der Waals surface area contributed by atoms with Crippen LogP contribution in [0.4, 0.5) is 0 Å². The number of aromatic nitrogens is 2. The molecule has 0 bridgehead atoms. The molecule has 1 aromatic heterocycles. The number of rotatable bonds is 5. The van der Waals surface area contributed by atoms with Crippen LogP contribution in [0, 0.1) is 0 Å². The molecule has 3 rings (SSSR count). The smallest absolute Gasteiger partial charge is 0.267 e. The number of nitrogens with two attached hydrogens (primary N) is 1. The van der Waals surface area contributed by atoms with Crippen molar-refractivity contribution >= 4 is 5.91 Å². The topological polar surface area (TPSA) is 78.0 Å². The Kier molecular flexibility index (Phi) is 4.51. The monoisotopic (exact) mass is 325 g/mol. The molecule has 1 heterocycles. The molecular weight excluding hydrogens is 302 g/mol. The Bertz CT molecular complexity index is 820. The molecule has 0 unspecified atom stereocenters. The van der Waals surface area contributed by atoms with E-state index < -0.39 is 5.91 Å². The quantitative estimate of drug-likeness (QED) is 0.918. The Balaban J connectivity index is 2.08. The number of hydrogen-bond donors (Lipinski definition) is 1. The Hall–Kier alpha value is -2.43. The lowest BCUT2D eigenvalue weighted by Crippen LogP contribution is -2.30. The van der Waals surface area contributed by atoms with Crippen LogP contribution in [0.5, 0.6) is 0 Å². The summed E-state index contributed by atoms with van der Waals surface area (Å²) in [6.07, 6.45) is 3.76. The lowest BCUT2D eigenvalue weighted by atomic mass is 9.79. The summed E-state index contributed by atoms with van der Waals surface area (Å²) in [4.78, 5) is 23.4. The number of carbonyl (C=O) groups is 1. The van der Waals surface area contributed by atoms with Crippen LogP contribution in [0.15, 0.2) is 35.1 Å². The van der Waals surface area contributed by atoms with Gasteiger partial charge in [-0.2, -0.15) is 5.10 Å². The number of amides is 1. The summed E-state index contributed by atoms with van der Waals surface area (Å²) in [5, 5.41) is 4.40. The average Bonchev–Trinajstić information content (AvgIpc) is 2.47. The van der Waals surface area contributed by atoms with Crippen molar-refractivity contribution in [2.24, 2.45) is 5.73 Å². The second-order valence-corrected chi connectivity index (χ2v) is 6.81. The Morgan fingerprint density at radius 3 is 2.67 bits per heavy atom. The third-order valence-electron chi connectivity index (χ3n) is 4.65. The lowest BCUT2D eigenvalue weighted by Gasteiger charge is -2.26. The van der Waals surface area contributed by atoms with Crippen molar-refractivity contribution in [2.75, 3.05) is 0 Å². The summed E-state index contributed by atoms with van der Waals surface area (Å²) >= 11 is 0. The first-order chi connectivity index (χ1) is 11.5. The minimum absolute atomic E-state index is 0.132. The van der Waals surface area contributed by atoms with Gasteiger partial charge in [-0.25, -0.2) is 4.68 Å². The summed E-state index contributed by atoms with van der Waals surface area (Å²) in [6.45, 7) is 3.86. The largest absolute Gasteiger partial charge is 0.368 e. The van der Waals surface area contributed by atoms with Gasteiger partial charge in [0.25, 0.3) is 5.56 Å². The predicted molar refractivity (Wildman–Crippen MR) is 93.8 cm³/mol. The van der Waals surface area contributed by atoms with Gasteiger partial charge in [-0.3, -0.25) is 9.59 Å². The van der Waals surface area contributed by atoms with E-state index in [9.17, 15) is 9.59 Å². The van der Waals surface area contributed by atoms with Gasteiger partial charge >= 0.3 is 0 Å². The minimum atomic E-state index is -0.570. The van der Waals surface area contributed by atoms with E-state index in [4.69, 9.17) is 5.73 Å². The molecule has 126 valence electrons. The molecule has 0 saturated heterocycles. The van der Waals surface area contributed by atoms with Gasteiger partial charge in [0.1, 0.15) is 6.54 Å². The molecule has 1 amide bonds. The molecule has 1 fully saturated rings. The first-order valence-corrected chi connectivity index (χ1v) is 8.46. The fraction of sp³-hybridized carbons (Fsp3) is 0.421. The number of primary amides is 1. The summed E-state index contributed by atoms with van der Waals surface area (Å²) in [7, 11) is 0. The molecule has 1 aliphatic rings. The van der Waals surface area contributed by atoms with Crippen LogP contribution in [0.2, 0.25) is 0 Å². The van der Waals surface area contributed by atoms with Gasteiger partial charge in [0.2, 0.25) is 5.91 Å². The Morgan fingerprint density at radius 2 is 2.08 bits per heavy atom. The van der Waals surface area contributed by atoms with Crippen molar-refractivity contribution < 1.29 is 4.79 Å².